The van der Waals surface area contributed by atoms with E-state index in [0.717, 1.165) is 73.1 Å². The van der Waals surface area contributed by atoms with Crippen LogP contribution in [0.5, 0.6) is 0 Å². The van der Waals surface area contributed by atoms with Crippen molar-refractivity contribution in [3.05, 3.63) is 54.5 Å². The molecule has 0 aliphatic carbocycles. The Morgan fingerprint density at radius 1 is 1.24 bits per heavy atom. The predicted molar refractivity (Wildman–Crippen MR) is 162 cm³/mol. The molecule has 3 aromatic rings. The van der Waals surface area contributed by atoms with Crippen LogP contribution in [0.3, 0.4) is 0 Å². The second-order valence-electron chi connectivity index (χ2n) is 12.5. The number of nitrogens with zero attached hydrogens (tertiary/aromatic N) is 9. The largest absolute Gasteiger partial charge is 0.385 e. The van der Waals surface area contributed by atoms with E-state index in [1.165, 1.54) is 5.57 Å². The van der Waals surface area contributed by atoms with E-state index in [9.17, 15) is 10.5 Å². The molecule has 3 aliphatic rings. The van der Waals surface area contributed by atoms with Gasteiger partial charge in [-0.05, 0) is 42.5 Å². The van der Waals surface area contributed by atoms with Crippen molar-refractivity contribution in [1.29, 1.82) is 10.5 Å². The van der Waals surface area contributed by atoms with Gasteiger partial charge in [-0.1, -0.05) is 19.6 Å². The molecule has 0 amide bonds. The van der Waals surface area contributed by atoms with Gasteiger partial charge in [0.1, 0.15) is 18.7 Å². The smallest absolute Gasteiger partial charge is 0.171 e. The van der Waals surface area contributed by atoms with Gasteiger partial charge >= 0.3 is 0 Å². The molecule has 6 heterocycles. The maximum absolute atomic E-state index is 9.98. The molecule has 1 N–H and O–H groups in total. The zero-order valence-corrected chi connectivity index (χ0v) is 25.6. The Hall–Kier alpha value is -3.97. The molecule has 1 saturated heterocycles. The molecule has 0 aromatic carbocycles. The van der Waals surface area contributed by atoms with Crippen molar-refractivity contribution in [2.24, 2.45) is 5.92 Å². The van der Waals surface area contributed by atoms with Crippen molar-refractivity contribution in [3.8, 4) is 23.4 Å². The Morgan fingerprint density at radius 2 is 2.12 bits per heavy atom. The van der Waals surface area contributed by atoms with E-state index in [2.05, 4.69) is 63.2 Å². The quantitative estimate of drug-likeness (QED) is 0.276. The topological polar surface area (TPSA) is 124 Å². The summed E-state index contributed by atoms with van der Waals surface area (Å²) in [6, 6.07) is 7.61. The first kappa shape index (κ1) is 28.2. The highest BCUT2D eigenvalue weighted by Crippen LogP contribution is 2.35. The first-order valence-corrected chi connectivity index (χ1v) is 18.4. The number of aromatic nitrogens is 5. The van der Waals surface area contributed by atoms with Gasteiger partial charge in [0, 0.05) is 63.9 Å². The van der Waals surface area contributed by atoms with E-state index in [4.69, 9.17) is 9.84 Å². The molecule has 218 valence electrons. The minimum absolute atomic E-state index is 0.0795. The molecule has 0 bridgehead atoms. The predicted octanol–water partition coefficient (Wildman–Crippen LogP) is 4.27. The van der Waals surface area contributed by atoms with Gasteiger partial charge in [0.25, 0.3) is 0 Å². The molecule has 11 nitrogen and oxygen atoms in total. The number of fused-ring (bicyclic) bond motifs is 1. The highest BCUT2D eigenvalue weighted by molar-refractivity contribution is 6.76. The van der Waals surface area contributed by atoms with Gasteiger partial charge in [0.2, 0.25) is 0 Å². The number of rotatable bonds is 10. The van der Waals surface area contributed by atoms with Gasteiger partial charge < -0.3 is 14.6 Å². The Labute approximate surface area is 247 Å². The molecular weight excluding hydrogens is 544 g/mol. The van der Waals surface area contributed by atoms with Gasteiger partial charge in [0.15, 0.2) is 6.04 Å². The summed E-state index contributed by atoms with van der Waals surface area (Å²) in [6.45, 7) is 10.7. The number of hydrazine groups is 1. The van der Waals surface area contributed by atoms with E-state index >= 15 is 0 Å². The SMILES string of the molecule is C[Si](C)(C)CCOCn1ccc2c(-c3cnn(C(CC#N)C4CCN(N5C=CC6=C(NCC6)C5C#N)C4)c3)ncnc21. The molecular formula is C30H38N10OSi. The fourth-order valence-electron chi connectivity index (χ4n) is 6.17. The molecule has 0 spiro atoms. The normalized spacial score (nSPS) is 21.4. The monoisotopic (exact) mass is 582 g/mol. The van der Waals surface area contributed by atoms with Crippen molar-refractivity contribution in [2.75, 3.05) is 26.2 Å². The molecule has 42 heavy (non-hydrogen) atoms. The maximum Gasteiger partial charge on any atom is 0.171 e. The van der Waals surface area contributed by atoms with Crippen molar-refractivity contribution in [1.82, 2.24) is 39.7 Å². The van der Waals surface area contributed by atoms with Gasteiger partial charge in [-0.25, -0.2) is 15.0 Å². The van der Waals surface area contributed by atoms with Crippen molar-refractivity contribution >= 4 is 19.1 Å². The maximum atomic E-state index is 9.98. The number of nitriles is 2. The van der Waals surface area contributed by atoms with Crippen molar-refractivity contribution < 1.29 is 4.74 Å². The number of nitrogens with one attached hydrogen (secondary N) is 1. The third-order valence-corrected chi connectivity index (χ3v) is 10.2. The lowest BCUT2D eigenvalue weighted by Gasteiger charge is -2.37. The lowest BCUT2D eigenvalue weighted by molar-refractivity contribution is 0.0266. The molecule has 3 unspecified atom stereocenters. The minimum Gasteiger partial charge on any atom is -0.385 e. The van der Waals surface area contributed by atoms with Crippen LogP contribution in [-0.2, 0) is 11.5 Å². The summed E-state index contributed by atoms with van der Waals surface area (Å²) < 4.78 is 9.92. The second-order valence-corrected chi connectivity index (χ2v) is 18.2. The van der Waals surface area contributed by atoms with E-state index in [1.807, 2.05) is 40.1 Å². The third-order valence-electron chi connectivity index (χ3n) is 8.52. The van der Waals surface area contributed by atoms with Gasteiger partial charge in [-0.15, -0.1) is 0 Å². The fraction of sp³-hybridized carbons (Fsp3) is 0.500. The Kier molecular flexibility index (Phi) is 7.86. The van der Waals surface area contributed by atoms with E-state index in [-0.39, 0.29) is 18.0 Å². The molecule has 1 fully saturated rings. The highest BCUT2D eigenvalue weighted by atomic mass is 28.3. The zero-order valence-electron chi connectivity index (χ0n) is 24.6. The van der Waals surface area contributed by atoms with Crippen LogP contribution in [0, 0.1) is 28.6 Å². The third kappa shape index (κ3) is 5.58. The molecule has 3 atom stereocenters. The standard InChI is InChI=1S/C30H38N10OSi/c1-42(2,3)15-14-41-21-37-11-8-25-28(34-20-35-30(25)37)24-17-36-39(19-24)26(4-9-31)23-6-12-38(18-23)40-13-7-22-5-10-33-29(22)27(40)16-32/h7-8,11,13,17,19-20,23,26-27,33H,4-6,10,12,14-15,18,21H2,1-3H3. The van der Waals surface area contributed by atoms with E-state index in [0.29, 0.717) is 13.2 Å². The number of hydrogen-bond donors (Lipinski definition) is 1. The number of allylic oxidation sites excluding steroid dienone is 1. The fourth-order valence-corrected chi connectivity index (χ4v) is 6.93. The molecule has 12 heteroatoms. The van der Waals surface area contributed by atoms with Gasteiger partial charge in [0.05, 0.1) is 42.2 Å². The Balaban J connectivity index is 1.17. The van der Waals surface area contributed by atoms with Crippen molar-refractivity contribution in [3.63, 3.8) is 0 Å². The summed E-state index contributed by atoms with van der Waals surface area (Å²) in [4.78, 5) is 9.15. The summed E-state index contributed by atoms with van der Waals surface area (Å²) in [5.41, 5.74) is 4.80. The van der Waals surface area contributed by atoms with Gasteiger partial charge in [-0.2, -0.15) is 15.6 Å². The number of hydrogen-bond acceptors (Lipinski definition) is 9. The van der Waals surface area contributed by atoms with E-state index < -0.39 is 8.07 Å². The molecule has 3 aromatic heterocycles. The summed E-state index contributed by atoms with van der Waals surface area (Å²) >= 11 is 0. The van der Waals surface area contributed by atoms with Crippen LogP contribution in [0.2, 0.25) is 25.7 Å². The minimum atomic E-state index is -1.15. The molecule has 0 radical (unpaired) electrons. The summed E-state index contributed by atoms with van der Waals surface area (Å²) in [7, 11) is -1.15. The molecule has 0 saturated carbocycles. The van der Waals surface area contributed by atoms with Crippen LogP contribution >= 0.6 is 0 Å². The van der Waals surface area contributed by atoms with Crippen LogP contribution in [-0.4, -0.2) is 74.7 Å². The molecule has 6 rings (SSSR count). The molecule has 3 aliphatic heterocycles. The van der Waals surface area contributed by atoms with Gasteiger partial charge in [-0.3, -0.25) is 9.69 Å². The first-order chi connectivity index (χ1) is 20.4. The average Bonchev–Trinajstić information content (AvgIpc) is 3.79. The second kappa shape index (κ2) is 11.7. The van der Waals surface area contributed by atoms with Crippen LogP contribution in [0.25, 0.3) is 22.3 Å². The van der Waals surface area contributed by atoms with E-state index in [1.54, 1.807) is 6.33 Å². The number of ether oxygens (including phenoxy) is 1. The van der Waals surface area contributed by atoms with Crippen LogP contribution in [0.4, 0.5) is 0 Å². The van der Waals surface area contributed by atoms with Crippen molar-refractivity contribution in [2.45, 2.75) is 63.8 Å². The summed E-state index contributed by atoms with van der Waals surface area (Å²) in [5, 5.41) is 33.1. The lowest BCUT2D eigenvalue weighted by atomic mass is 9.96. The lowest BCUT2D eigenvalue weighted by Crippen LogP contribution is -2.47. The zero-order chi connectivity index (χ0) is 29.3. The summed E-state index contributed by atoms with van der Waals surface area (Å²) in [5.74, 6) is 0.219. The van der Waals surface area contributed by atoms with Crippen LogP contribution < -0.4 is 5.32 Å². The van der Waals surface area contributed by atoms with Crippen LogP contribution in [0.1, 0.15) is 25.3 Å². The first-order valence-electron chi connectivity index (χ1n) is 14.7. The average molecular weight is 583 g/mol. The highest BCUT2D eigenvalue weighted by Gasteiger charge is 2.38. The van der Waals surface area contributed by atoms with Crippen LogP contribution in [0.15, 0.2) is 54.5 Å². The Morgan fingerprint density at radius 3 is 2.93 bits per heavy atom. The Bertz CT molecular complexity index is 1590. The summed E-state index contributed by atoms with van der Waals surface area (Å²) in [6.07, 6.45) is 13.8.